The van der Waals surface area contributed by atoms with Gasteiger partial charge in [0.2, 0.25) is 28.7 Å². The van der Waals surface area contributed by atoms with Crippen LogP contribution in [0.5, 0.6) is 0 Å². The Morgan fingerprint density at radius 2 is 1.50 bits per heavy atom. The molecule has 3 aromatic carbocycles. The Morgan fingerprint density at radius 3 is 2.08 bits per heavy atom. The second-order valence-corrected chi connectivity index (χ2v) is 8.99. The fourth-order valence-electron chi connectivity index (χ4n) is 4.95. The van der Waals surface area contributed by atoms with Crippen molar-refractivity contribution in [1.29, 1.82) is 0 Å². The summed E-state index contributed by atoms with van der Waals surface area (Å²) in [6, 6.07) is 16.0. The van der Waals surface area contributed by atoms with Gasteiger partial charge in [0.05, 0.1) is 4.92 Å². The number of aryl methyl sites for hydroxylation is 3. The van der Waals surface area contributed by atoms with Crippen LogP contribution in [-0.4, -0.2) is 26.8 Å². The van der Waals surface area contributed by atoms with E-state index in [1.807, 2.05) is 32.9 Å². The third-order valence-electron chi connectivity index (χ3n) is 6.44. The number of ketones is 3. The molecule has 0 amide bonds. The predicted molar refractivity (Wildman–Crippen MR) is 131 cm³/mol. The van der Waals surface area contributed by atoms with Crippen molar-refractivity contribution in [2.75, 3.05) is 0 Å². The smallest absolute Gasteiger partial charge is 0.269 e. The van der Waals surface area contributed by atoms with Gasteiger partial charge >= 0.3 is 0 Å². The molecule has 0 saturated heterocycles. The number of non-ortho nitro benzene ring substituents is 1. The molecule has 0 saturated carbocycles. The first-order chi connectivity index (χ1) is 17.2. The molecule has 0 unspecified atom stereocenters. The number of carbonyl (C=O) groups excluding carboxylic acids is 3. The molecule has 1 aliphatic rings. The van der Waals surface area contributed by atoms with Crippen LogP contribution in [0.2, 0.25) is 0 Å². The van der Waals surface area contributed by atoms with Crippen LogP contribution in [0.15, 0.2) is 67.0 Å². The molecule has 5 rings (SSSR count). The number of fused-ring (bicyclic) bond motifs is 2. The Morgan fingerprint density at radius 1 is 0.917 bits per heavy atom. The Bertz CT molecular complexity index is 1590. The Kier molecular flexibility index (Phi) is 5.44. The molecule has 0 N–H and O–H groups in total. The van der Waals surface area contributed by atoms with Crippen molar-refractivity contribution in [3.63, 3.8) is 0 Å². The fourth-order valence-corrected chi connectivity index (χ4v) is 4.95. The Balaban J connectivity index is 1.68. The molecule has 0 fully saturated rings. The van der Waals surface area contributed by atoms with Gasteiger partial charge in [0.1, 0.15) is 5.69 Å². The zero-order valence-corrected chi connectivity index (χ0v) is 19.9. The second kappa shape index (κ2) is 8.49. The van der Waals surface area contributed by atoms with Crippen molar-refractivity contribution >= 4 is 23.0 Å². The molecule has 36 heavy (non-hydrogen) atoms. The number of nitro groups is 1. The van der Waals surface area contributed by atoms with Gasteiger partial charge in [-0.15, -0.1) is 0 Å². The first-order valence-corrected chi connectivity index (χ1v) is 11.4. The summed E-state index contributed by atoms with van der Waals surface area (Å²) in [5.74, 6) is -0.967. The van der Waals surface area contributed by atoms with E-state index >= 15 is 0 Å². The number of nitrogens with zero attached hydrogens (tertiary/aromatic N) is 3. The van der Waals surface area contributed by atoms with Crippen molar-refractivity contribution in [3.8, 4) is 5.69 Å². The number of hydrogen-bond donors (Lipinski definition) is 0. The highest BCUT2D eigenvalue weighted by molar-refractivity contribution is 6.26. The highest BCUT2D eigenvalue weighted by Crippen LogP contribution is 2.30. The summed E-state index contributed by atoms with van der Waals surface area (Å²) >= 11 is 0. The average molecular weight is 481 g/mol. The van der Waals surface area contributed by atoms with E-state index in [-0.39, 0.29) is 46.5 Å². The van der Waals surface area contributed by atoms with Gasteiger partial charge in [-0.3, -0.25) is 24.5 Å². The van der Waals surface area contributed by atoms with Crippen molar-refractivity contribution in [1.82, 2.24) is 4.57 Å². The number of Topliss-reactive ketones (excluding diaryl/α,β-unsaturated/α-hetero) is 1. The lowest BCUT2D eigenvalue weighted by Crippen LogP contribution is -2.43. The van der Waals surface area contributed by atoms with Crippen LogP contribution in [0.1, 0.15) is 59.2 Å². The van der Waals surface area contributed by atoms with Gasteiger partial charge in [-0.05, 0) is 44.0 Å². The van der Waals surface area contributed by atoms with Gasteiger partial charge < -0.3 is 0 Å². The van der Waals surface area contributed by atoms with Gasteiger partial charge in [0, 0.05) is 28.8 Å². The maximum Gasteiger partial charge on any atom is 0.269 e. The third kappa shape index (κ3) is 3.63. The number of imidazole rings is 1. The quantitative estimate of drug-likeness (QED) is 0.162. The van der Waals surface area contributed by atoms with Crippen molar-refractivity contribution in [2.45, 2.75) is 27.3 Å². The summed E-state index contributed by atoms with van der Waals surface area (Å²) in [4.78, 5) is 50.8. The number of benzene rings is 3. The summed E-state index contributed by atoms with van der Waals surface area (Å²) in [5.41, 5.74) is 4.84. The number of hydrogen-bond acceptors (Lipinski definition) is 5. The van der Waals surface area contributed by atoms with E-state index in [1.165, 1.54) is 28.8 Å². The van der Waals surface area contributed by atoms with Crippen LogP contribution >= 0.6 is 0 Å². The van der Waals surface area contributed by atoms with E-state index < -0.39 is 4.92 Å². The molecule has 4 aromatic rings. The Labute approximate surface area is 206 Å². The molecule has 0 atom stereocenters. The second-order valence-electron chi connectivity index (χ2n) is 8.99. The van der Waals surface area contributed by atoms with Gasteiger partial charge in [0.15, 0.2) is 6.54 Å². The summed E-state index contributed by atoms with van der Waals surface area (Å²) < 4.78 is 3.21. The zero-order chi connectivity index (χ0) is 25.7. The van der Waals surface area contributed by atoms with Gasteiger partial charge in [-0.2, -0.15) is 4.57 Å². The molecule has 0 spiro atoms. The molecule has 0 aliphatic heterocycles. The normalized spacial score (nSPS) is 12.3. The monoisotopic (exact) mass is 480 g/mol. The number of nitro benzene ring substituents is 1. The maximum atomic E-state index is 13.7. The lowest BCUT2D eigenvalue weighted by atomic mass is 9.89. The third-order valence-corrected chi connectivity index (χ3v) is 6.44. The van der Waals surface area contributed by atoms with Gasteiger partial charge in [-0.1, -0.05) is 42.0 Å². The highest BCUT2D eigenvalue weighted by atomic mass is 16.6. The van der Waals surface area contributed by atoms with Crippen LogP contribution < -0.4 is 4.57 Å². The van der Waals surface area contributed by atoms with Gasteiger partial charge in [-0.25, -0.2) is 4.57 Å². The SMILES string of the molecule is Cc1cc(C)c(-n2c[n+](CC(=O)c3ccc([N+](=O)[O-])cc3)c3c2C(=O)c2ccccc2C3=O)c(C)c1. The molecule has 1 aliphatic carbocycles. The standard InChI is InChI=1S/C28H22N3O5/c1-16-12-17(2)24(18(3)13-16)30-15-29(14-23(32)19-8-10-20(11-9-19)31(35)36)25-26(30)28(34)22-7-5-4-6-21(22)27(25)33/h4-13,15H,14H2,1-3H3/q+1. The van der Waals surface area contributed by atoms with Crippen molar-refractivity contribution < 1.29 is 23.9 Å². The molecule has 178 valence electrons. The van der Waals surface area contributed by atoms with E-state index in [9.17, 15) is 24.5 Å². The summed E-state index contributed by atoms with van der Waals surface area (Å²) in [7, 11) is 0. The number of rotatable bonds is 5. The van der Waals surface area contributed by atoms with Crippen LogP contribution in [-0.2, 0) is 6.54 Å². The molecule has 1 heterocycles. The molecule has 8 heteroatoms. The van der Waals surface area contributed by atoms with E-state index in [4.69, 9.17) is 0 Å². The molecule has 1 aromatic heterocycles. The van der Waals surface area contributed by atoms with E-state index in [1.54, 1.807) is 35.2 Å². The zero-order valence-electron chi connectivity index (χ0n) is 19.9. The van der Waals surface area contributed by atoms with E-state index in [0.717, 1.165) is 22.4 Å². The van der Waals surface area contributed by atoms with E-state index in [0.29, 0.717) is 11.1 Å². The predicted octanol–water partition coefficient (Wildman–Crippen LogP) is 4.26. The minimum Gasteiger partial charge on any atom is -0.290 e. The van der Waals surface area contributed by atoms with Crippen molar-refractivity contribution in [3.05, 3.63) is 122 Å². The average Bonchev–Trinajstić information content (AvgIpc) is 3.20. The minimum absolute atomic E-state index is 0.120. The van der Waals surface area contributed by atoms with Crippen molar-refractivity contribution in [2.24, 2.45) is 0 Å². The maximum absolute atomic E-state index is 13.7. The van der Waals surface area contributed by atoms with E-state index in [2.05, 4.69) is 0 Å². The molecular formula is C28H22N3O5+. The summed E-state index contributed by atoms with van der Waals surface area (Å²) in [6.45, 7) is 5.66. The molecule has 8 nitrogen and oxygen atoms in total. The minimum atomic E-state index is -0.534. The molecule has 0 bridgehead atoms. The lowest BCUT2D eigenvalue weighted by Gasteiger charge is -2.14. The van der Waals surface area contributed by atoms with Crippen LogP contribution in [0.4, 0.5) is 5.69 Å². The molecule has 0 radical (unpaired) electrons. The van der Waals surface area contributed by atoms with Crippen LogP contribution in [0.3, 0.4) is 0 Å². The fraction of sp³-hybridized carbons (Fsp3) is 0.143. The lowest BCUT2D eigenvalue weighted by molar-refractivity contribution is -0.684. The molecular weight excluding hydrogens is 458 g/mol. The largest absolute Gasteiger partial charge is 0.290 e. The van der Waals surface area contributed by atoms with Crippen LogP contribution in [0.25, 0.3) is 5.69 Å². The van der Waals surface area contributed by atoms with Crippen LogP contribution in [0, 0.1) is 30.9 Å². The van der Waals surface area contributed by atoms with Gasteiger partial charge in [0.25, 0.3) is 12.0 Å². The first-order valence-electron chi connectivity index (χ1n) is 11.4. The number of aromatic nitrogens is 2. The highest BCUT2D eigenvalue weighted by Gasteiger charge is 2.42. The number of carbonyl (C=O) groups is 3. The first kappa shape index (κ1) is 23.0. The summed E-state index contributed by atoms with van der Waals surface area (Å²) in [6.07, 6.45) is 1.63. The Hall–Kier alpha value is -4.72. The summed E-state index contributed by atoms with van der Waals surface area (Å²) in [5, 5.41) is 11.0. The topological polar surface area (TPSA) is 103 Å².